The molecule has 7 heteroatoms. The highest BCUT2D eigenvalue weighted by molar-refractivity contribution is 7.09. The smallest absolute Gasteiger partial charge is 0.253 e. The lowest BCUT2D eigenvalue weighted by molar-refractivity contribution is -0.116. The molecule has 1 aromatic heterocycles. The second-order valence-electron chi connectivity index (χ2n) is 5.78. The predicted octanol–water partition coefficient (Wildman–Crippen LogP) is 3.60. The summed E-state index contributed by atoms with van der Waals surface area (Å²) in [6.07, 6.45) is 4.49. The Kier molecular flexibility index (Phi) is 10.6. The Bertz CT molecular complexity index is 677. The van der Waals surface area contributed by atoms with Crippen LogP contribution < -0.4 is 16.4 Å². The molecule has 1 heterocycles. The van der Waals surface area contributed by atoms with Gasteiger partial charge in [0, 0.05) is 24.4 Å². The fourth-order valence-electron chi connectivity index (χ4n) is 2.50. The summed E-state index contributed by atoms with van der Waals surface area (Å²) in [5.74, 6) is -0.285. The molecule has 2 aromatic rings. The fourth-order valence-corrected chi connectivity index (χ4v) is 3.25. The molecule has 0 aliphatic carbocycles. The second-order valence-corrected chi connectivity index (χ2v) is 6.81. The third-order valence-electron chi connectivity index (χ3n) is 3.78. The van der Waals surface area contributed by atoms with E-state index in [1.807, 2.05) is 0 Å². The molecular weight excluding hydrogens is 370 g/mol. The number of carbonyl (C=O) groups is 2. The third-order valence-corrected chi connectivity index (χ3v) is 4.72. The standard InChI is InChI=1S/C19H25N3O2S.ClH/c20-12-13-21-19(24)16-9-4-5-10-17(16)22-18(23)11-3-1-2-7-15-8-6-14-25-15;/h4-6,8-10,14H,1-3,7,11-13,20H2,(H,21,24)(H,22,23);1H. The number of nitrogens with two attached hydrogens (primary N) is 1. The molecule has 0 radical (unpaired) electrons. The van der Waals surface area contributed by atoms with Crippen LogP contribution in [-0.2, 0) is 11.2 Å². The zero-order valence-corrected chi connectivity index (χ0v) is 16.3. The van der Waals surface area contributed by atoms with Crippen LogP contribution in [0.15, 0.2) is 41.8 Å². The lowest BCUT2D eigenvalue weighted by atomic mass is 10.1. The molecule has 2 amide bonds. The number of nitrogens with one attached hydrogen (secondary N) is 2. The molecule has 0 unspecified atom stereocenters. The topological polar surface area (TPSA) is 84.2 Å². The number of anilines is 1. The summed E-state index contributed by atoms with van der Waals surface area (Å²) in [7, 11) is 0. The normalized spacial score (nSPS) is 10.0. The lowest BCUT2D eigenvalue weighted by Crippen LogP contribution is -2.29. The Morgan fingerprint density at radius 3 is 2.58 bits per heavy atom. The number of aryl methyl sites for hydroxylation is 1. The summed E-state index contributed by atoms with van der Waals surface area (Å²) in [6, 6.07) is 11.2. The highest BCUT2D eigenvalue weighted by Gasteiger charge is 2.12. The number of rotatable bonds is 10. The highest BCUT2D eigenvalue weighted by Crippen LogP contribution is 2.16. The van der Waals surface area contributed by atoms with E-state index in [-0.39, 0.29) is 24.2 Å². The number of halogens is 1. The number of amides is 2. The van der Waals surface area contributed by atoms with E-state index < -0.39 is 0 Å². The van der Waals surface area contributed by atoms with Gasteiger partial charge in [0.25, 0.3) is 5.91 Å². The van der Waals surface area contributed by atoms with Crippen molar-refractivity contribution in [2.24, 2.45) is 5.73 Å². The summed E-state index contributed by atoms with van der Waals surface area (Å²) in [6.45, 7) is 0.789. The maximum absolute atomic E-state index is 12.1. The SMILES string of the molecule is Cl.NCCNC(=O)c1ccccc1NC(=O)CCCCCc1cccs1. The van der Waals surface area contributed by atoms with Crippen molar-refractivity contribution >= 4 is 41.2 Å². The summed E-state index contributed by atoms with van der Waals surface area (Å²) >= 11 is 1.77. The van der Waals surface area contributed by atoms with Crippen LogP contribution in [0.3, 0.4) is 0 Å². The zero-order chi connectivity index (χ0) is 17.9. The lowest BCUT2D eigenvalue weighted by Gasteiger charge is -2.11. The van der Waals surface area contributed by atoms with Gasteiger partial charge in [-0.05, 0) is 42.8 Å². The quantitative estimate of drug-likeness (QED) is 0.537. The maximum atomic E-state index is 12.1. The van der Waals surface area contributed by atoms with Gasteiger partial charge in [0.05, 0.1) is 11.3 Å². The van der Waals surface area contributed by atoms with Crippen LogP contribution >= 0.6 is 23.7 Å². The summed E-state index contributed by atoms with van der Waals surface area (Å²) in [4.78, 5) is 25.6. The molecule has 4 N–H and O–H groups in total. The minimum Gasteiger partial charge on any atom is -0.351 e. The number of unbranched alkanes of at least 4 members (excludes halogenated alkanes) is 2. The van der Waals surface area contributed by atoms with Crippen molar-refractivity contribution in [3.63, 3.8) is 0 Å². The first-order chi connectivity index (χ1) is 12.2. The molecule has 5 nitrogen and oxygen atoms in total. The molecule has 2 rings (SSSR count). The van der Waals surface area contributed by atoms with Crippen LogP contribution in [0.5, 0.6) is 0 Å². The van der Waals surface area contributed by atoms with Crippen LogP contribution in [0.2, 0.25) is 0 Å². The summed E-state index contributed by atoms with van der Waals surface area (Å²) in [5.41, 5.74) is 6.40. The highest BCUT2D eigenvalue weighted by atomic mass is 35.5. The van der Waals surface area contributed by atoms with E-state index >= 15 is 0 Å². The Balaban J connectivity index is 0.00000338. The van der Waals surface area contributed by atoms with Gasteiger partial charge in [0.2, 0.25) is 5.91 Å². The number of hydrogen-bond donors (Lipinski definition) is 3. The van der Waals surface area contributed by atoms with Crippen LogP contribution in [0.25, 0.3) is 0 Å². The van der Waals surface area contributed by atoms with Gasteiger partial charge in [-0.1, -0.05) is 24.6 Å². The van der Waals surface area contributed by atoms with Gasteiger partial charge in [-0.15, -0.1) is 23.7 Å². The molecule has 0 atom stereocenters. The Morgan fingerprint density at radius 1 is 1.04 bits per heavy atom. The van der Waals surface area contributed by atoms with Crippen molar-refractivity contribution in [2.45, 2.75) is 32.1 Å². The molecule has 0 spiro atoms. The average Bonchev–Trinajstić information content (AvgIpc) is 3.13. The Hall–Kier alpha value is -1.89. The van der Waals surface area contributed by atoms with Crippen molar-refractivity contribution in [2.75, 3.05) is 18.4 Å². The number of benzene rings is 1. The minimum absolute atomic E-state index is 0. The molecule has 0 fully saturated rings. The Morgan fingerprint density at radius 2 is 1.85 bits per heavy atom. The van der Waals surface area contributed by atoms with Crippen molar-refractivity contribution in [1.82, 2.24) is 5.32 Å². The van der Waals surface area contributed by atoms with E-state index in [1.165, 1.54) is 4.88 Å². The van der Waals surface area contributed by atoms with Gasteiger partial charge in [0.1, 0.15) is 0 Å². The van der Waals surface area contributed by atoms with Crippen LogP contribution in [0.4, 0.5) is 5.69 Å². The molecule has 1 aromatic carbocycles. The molecule has 0 aliphatic heterocycles. The van der Waals surface area contributed by atoms with Crippen molar-refractivity contribution in [3.05, 3.63) is 52.2 Å². The molecule has 0 aliphatic rings. The van der Waals surface area contributed by atoms with Crippen molar-refractivity contribution < 1.29 is 9.59 Å². The van der Waals surface area contributed by atoms with Gasteiger partial charge >= 0.3 is 0 Å². The van der Waals surface area contributed by atoms with E-state index in [0.717, 1.165) is 25.7 Å². The van der Waals surface area contributed by atoms with Crippen LogP contribution in [0.1, 0.15) is 40.9 Å². The first kappa shape index (κ1) is 22.2. The Labute approximate surface area is 164 Å². The first-order valence-corrected chi connectivity index (χ1v) is 9.48. The molecule has 26 heavy (non-hydrogen) atoms. The van der Waals surface area contributed by atoms with Gasteiger partial charge in [-0.3, -0.25) is 9.59 Å². The summed E-state index contributed by atoms with van der Waals surface area (Å²) < 4.78 is 0. The van der Waals surface area contributed by atoms with E-state index in [4.69, 9.17) is 5.73 Å². The summed E-state index contributed by atoms with van der Waals surface area (Å²) in [5, 5.41) is 7.65. The van der Waals surface area contributed by atoms with Gasteiger partial charge in [-0.25, -0.2) is 0 Å². The van der Waals surface area contributed by atoms with E-state index in [9.17, 15) is 9.59 Å². The molecule has 142 valence electrons. The number of para-hydroxylation sites is 1. The largest absolute Gasteiger partial charge is 0.351 e. The number of carbonyl (C=O) groups excluding carboxylic acids is 2. The van der Waals surface area contributed by atoms with Gasteiger partial charge in [-0.2, -0.15) is 0 Å². The third kappa shape index (κ3) is 7.56. The van der Waals surface area contributed by atoms with Crippen LogP contribution in [0, 0.1) is 0 Å². The second kappa shape index (κ2) is 12.5. The molecular formula is C19H26ClN3O2S. The average molecular weight is 396 g/mol. The van der Waals surface area contributed by atoms with Gasteiger partial charge < -0.3 is 16.4 Å². The zero-order valence-electron chi connectivity index (χ0n) is 14.7. The molecule has 0 bridgehead atoms. The van der Waals surface area contributed by atoms with Gasteiger partial charge in [0.15, 0.2) is 0 Å². The first-order valence-electron chi connectivity index (χ1n) is 8.60. The maximum Gasteiger partial charge on any atom is 0.253 e. The molecule has 0 saturated heterocycles. The predicted molar refractivity (Wildman–Crippen MR) is 110 cm³/mol. The number of hydrogen-bond acceptors (Lipinski definition) is 4. The van der Waals surface area contributed by atoms with E-state index in [2.05, 4.69) is 28.1 Å². The monoisotopic (exact) mass is 395 g/mol. The van der Waals surface area contributed by atoms with E-state index in [1.54, 1.807) is 35.6 Å². The number of thiophene rings is 1. The molecule has 0 saturated carbocycles. The van der Waals surface area contributed by atoms with E-state index in [0.29, 0.717) is 30.8 Å². The van der Waals surface area contributed by atoms with Crippen molar-refractivity contribution in [1.29, 1.82) is 0 Å². The van der Waals surface area contributed by atoms with Crippen LogP contribution in [-0.4, -0.2) is 24.9 Å². The fraction of sp³-hybridized carbons (Fsp3) is 0.368. The minimum atomic E-state index is -0.225. The van der Waals surface area contributed by atoms with Crippen molar-refractivity contribution in [3.8, 4) is 0 Å².